The minimum atomic E-state index is -0.627. The van der Waals surface area contributed by atoms with Crippen molar-refractivity contribution < 1.29 is 19.1 Å². The molecule has 0 saturated heterocycles. The lowest BCUT2D eigenvalue weighted by Crippen LogP contribution is -2.47. The van der Waals surface area contributed by atoms with Crippen LogP contribution in [0.1, 0.15) is 43.1 Å². The van der Waals surface area contributed by atoms with Gasteiger partial charge in [0.25, 0.3) is 11.8 Å². The van der Waals surface area contributed by atoms with E-state index in [1.165, 1.54) is 11.6 Å². The van der Waals surface area contributed by atoms with Crippen LogP contribution in [0.15, 0.2) is 48.5 Å². The number of nitrogens with one attached hydrogen (secondary N) is 3. The largest absolute Gasteiger partial charge is 0.444 e. The highest BCUT2D eigenvalue weighted by molar-refractivity contribution is 5.97. The Hall–Kier alpha value is -3.55. The van der Waals surface area contributed by atoms with Crippen LogP contribution in [0.2, 0.25) is 0 Å². The molecule has 8 heteroatoms. The zero-order valence-corrected chi connectivity index (χ0v) is 18.0. The van der Waals surface area contributed by atoms with E-state index in [0.29, 0.717) is 5.69 Å². The van der Waals surface area contributed by atoms with Gasteiger partial charge in [0.05, 0.1) is 6.54 Å². The molecule has 0 aliphatic carbocycles. The highest BCUT2D eigenvalue weighted by Crippen LogP contribution is 2.26. The minimum absolute atomic E-state index is 0.150. The summed E-state index contributed by atoms with van der Waals surface area (Å²) in [7, 11) is 0. The molecule has 1 heterocycles. The molecule has 0 fully saturated rings. The van der Waals surface area contributed by atoms with Crippen molar-refractivity contribution in [1.82, 2.24) is 10.9 Å². The predicted octanol–water partition coefficient (Wildman–Crippen LogP) is 3.25. The van der Waals surface area contributed by atoms with Crippen molar-refractivity contribution in [3.8, 4) is 0 Å². The number of ether oxygens (including phenoxy) is 1. The lowest BCUT2D eigenvalue weighted by molar-refractivity contribution is -0.120. The predicted molar refractivity (Wildman–Crippen MR) is 119 cm³/mol. The summed E-state index contributed by atoms with van der Waals surface area (Å²) in [6.45, 7) is 6.24. The van der Waals surface area contributed by atoms with Gasteiger partial charge in [-0.1, -0.05) is 24.3 Å². The standard InChI is InChI=1S/C23H28N4O4/c1-23(2,3)31-22(30)24-18-11-6-9-17(14-18)21(29)26-25-20(28)15-27-13-7-10-16-8-4-5-12-19(16)27/h4-6,8-9,11-12,14H,7,10,13,15H2,1-3H3,(H,24,30)(H,25,28)(H,26,29). The van der Waals surface area contributed by atoms with Crippen molar-refractivity contribution in [3.63, 3.8) is 0 Å². The molecule has 0 aromatic heterocycles. The van der Waals surface area contributed by atoms with Crippen LogP contribution in [0.3, 0.4) is 0 Å². The van der Waals surface area contributed by atoms with E-state index in [-0.39, 0.29) is 18.0 Å². The third-order valence-electron chi connectivity index (χ3n) is 4.63. The van der Waals surface area contributed by atoms with E-state index < -0.39 is 17.6 Å². The molecule has 31 heavy (non-hydrogen) atoms. The van der Waals surface area contributed by atoms with E-state index in [4.69, 9.17) is 4.74 Å². The molecule has 2 aromatic carbocycles. The quantitative estimate of drug-likeness (QED) is 0.655. The van der Waals surface area contributed by atoms with Gasteiger partial charge < -0.3 is 9.64 Å². The Morgan fingerprint density at radius 1 is 1.03 bits per heavy atom. The van der Waals surface area contributed by atoms with Crippen molar-refractivity contribution in [2.24, 2.45) is 0 Å². The first-order valence-corrected chi connectivity index (χ1v) is 10.2. The van der Waals surface area contributed by atoms with Gasteiger partial charge >= 0.3 is 6.09 Å². The van der Waals surface area contributed by atoms with Gasteiger partial charge in [-0.15, -0.1) is 0 Å². The molecule has 164 valence electrons. The van der Waals surface area contributed by atoms with Crippen LogP contribution in [0.4, 0.5) is 16.2 Å². The van der Waals surface area contributed by atoms with Crippen LogP contribution in [-0.2, 0) is 16.0 Å². The molecule has 0 saturated carbocycles. The molecule has 1 aliphatic heterocycles. The van der Waals surface area contributed by atoms with Gasteiger partial charge in [0.1, 0.15) is 5.60 Å². The molecule has 3 rings (SSSR count). The van der Waals surface area contributed by atoms with Gasteiger partial charge in [-0.25, -0.2) is 4.79 Å². The Morgan fingerprint density at radius 2 is 1.81 bits per heavy atom. The molecule has 0 unspecified atom stereocenters. The smallest absolute Gasteiger partial charge is 0.412 e. The number of amides is 3. The van der Waals surface area contributed by atoms with Crippen molar-refractivity contribution in [1.29, 1.82) is 0 Å². The summed E-state index contributed by atoms with van der Waals surface area (Å²) >= 11 is 0. The number of rotatable bonds is 4. The van der Waals surface area contributed by atoms with E-state index >= 15 is 0 Å². The maximum Gasteiger partial charge on any atom is 0.412 e. The van der Waals surface area contributed by atoms with Gasteiger partial charge in [0, 0.05) is 23.5 Å². The van der Waals surface area contributed by atoms with Crippen LogP contribution in [0, 0.1) is 0 Å². The molecule has 8 nitrogen and oxygen atoms in total. The summed E-state index contributed by atoms with van der Waals surface area (Å²) in [5.41, 5.74) is 7.23. The number of carbonyl (C=O) groups excluding carboxylic acids is 3. The Balaban J connectivity index is 1.53. The second kappa shape index (κ2) is 9.51. The molecule has 0 bridgehead atoms. The lowest BCUT2D eigenvalue weighted by Gasteiger charge is -2.30. The van der Waals surface area contributed by atoms with E-state index in [1.807, 2.05) is 23.1 Å². The second-order valence-corrected chi connectivity index (χ2v) is 8.36. The molecule has 0 radical (unpaired) electrons. The summed E-state index contributed by atoms with van der Waals surface area (Å²) in [6, 6.07) is 14.4. The Labute approximate surface area is 181 Å². The zero-order valence-electron chi connectivity index (χ0n) is 18.0. The molecule has 3 N–H and O–H groups in total. The maximum absolute atomic E-state index is 12.4. The van der Waals surface area contributed by atoms with Gasteiger partial charge in [0.15, 0.2) is 0 Å². The minimum Gasteiger partial charge on any atom is -0.444 e. The fourth-order valence-electron chi connectivity index (χ4n) is 3.35. The fourth-order valence-corrected chi connectivity index (χ4v) is 3.35. The zero-order chi connectivity index (χ0) is 22.4. The Kier molecular flexibility index (Phi) is 6.79. The molecule has 0 spiro atoms. The number of benzene rings is 2. The molecule has 2 aromatic rings. The van der Waals surface area contributed by atoms with Crippen LogP contribution >= 0.6 is 0 Å². The number of aryl methyl sites for hydroxylation is 1. The monoisotopic (exact) mass is 424 g/mol. The van der Waals surface area contributed by atoms with E-state index in [9.17, 15) is 14.4 Å². The van der Waals surface area contributed by atoms with Crippen LogP contribution < -0.4 is 21.1 Å². The highest BCUT2D eigenvalue weighted by atomic mass is 16.6. The van der Waals surface area contributed by atoms with Crippen molar-refractivity contribution >= 4 is 29.3 Å². The number of hydrogen-bond donors (Lipinski definition) is 3. The first-order chi connectivity index (χ1) is 14.7. The average molecular weight is 425 g/mol. The highest BCUT2D eigenvalue weighted by Gasteiger charge is 2.19. The number of carbonyl (C=O) groups is 3. The van der Waals surface area contributed by atoms with Crippen molar-refractivity contribution in [3.05, 3.63) is 59.7 Å². The number of hydrogen-bond acceptors (Lipinski definition) is 5. The molecular formula is C23H28N4O4. The SMILES string of the molecule is CC(C)(C)OC(=O)Nc1cccc(C(=O)NNC(=O)CN2CCCc3ccccc32)c1. The summed E-state index contributed by atoms with van der Waals surface area (Å²) in [5.74, 6) is -0.798. The van der Waals surface area contributed by atoms with E-state index in [1.54, 1.807) is 39.0 Å². The van der Waals surface area contributed by atoms with Crippen LogP contribution in [0.5, 0.6) is 0 Å². The van der Waals surface area contributed by atoms with E-state index in [2.05, 4.69) is 22.2 Å². The summed E-state index contributed by atoms with van der Waals surface area (Å²) in [6.07, 6.45) is 1.37. The molecular weight excluding hydrogens is 396 g/mol. The summed E-state index contributed by atoms with van der Waals surface area (Å²) in [4.78, 5) is 38.7. The van der Waals surface area contributed by atoms with E-state index in [0.717, 1.165) is 25.1 Å². The van der Waals surface area contributed by atoms with Gasteiger partial charge in [-0.05, 0) is 63.4 Å². The average Bonchev–Trinajstić information content (AvgIpc) is 2.71. The van der Waals surface area contributed by atoms with Crippen LogP contribution in [-0.4, -0.2) is 36.6 Å². The maximum atomic E-state index is 12.4. The fraction of sp³-hybridized carbons (Fsp3) is 0.348. The van der Waals surface area contributed by atoms with Crippen LogP contribution in [0.25, 0.3) is 0 Å². The molecule has 3 amide bonds. The number of nitrogens with zero attached hydrogens (tertiary/aromatic N) is 1. The second-order valence-electron chi connectivity index (χ2n) is 8.36. The first-order valence-electron chi connectivity index (χ1n) is 10.2. The molecule has 0 atom stereocenters. The van der Waals surface area contributed by atoms with Gasteiger partial charge in [-0.3, -0.25) is 25.8 Å². The Morgan fingerprint density at radius 3 is 2.58 bits per heavy atom. The van der Waals surface area contributed by atoms with Gasteiger partial charge in [0.2, 0.25) is 0 Å². The Bertz CT molecular complexity index is 968. The first kappa shape index (κ1) is 22.1. The molecule has 1 aliphatic rings. The third-order valence-corrected chi connectivity index (χ3v) is 4.63. The van der Waals surface area contributed by atoms with Crippen molar-refractivity contribution in [2.45, 2.75) is 39.2 Å². The summed E-state index contributed by atoms with van der Waals surface area (Å²) < 4.78 is 5.21. The third kappa shape index (κ3) is 6.47. The lowest BCUT2D eigenvalue weighted by atomic mass is 10.0. The number of hydrazine groups is 1. The topological polar surface area (TPSA) is 99.8 Å². The normalized spacial score (nSPS) is 13.1. The number of para-hydroxylation sites is 1. The van der Waals surface area contributed by atoms with Gasteiger partial charge in [-0.2, -0.15) is 0 Å². The van der Waals surface area contributed by atoms with Crippen molar-refractivity contribution in [2.75, 3.05) is 23.3 Å². The summed E-state index contributed by atoms with van der Waals surface area (Å²) in [5, 5.41) is 2.59. The number of anilines is 2. The number of fused-ring (bicyclic) bond motifs is 1.